The topological polar surface area (TPSA) is 43.9 Å². The van der Waals surface area contributed by atoms with E-state index < -0.39 is 10.2 Å². The number of halogens is 1. The van der Waals surface area contributed by atoms with Gasteiger partial charge in [0.15, 0.2) is 0 Å². The Balaban J connectivity index is 2.02. The largest absolute Gasteiger partial charge is 0.299 e. The minimum absolute atomic E-state index is 0.415. The third-order valence-corrected chi connectivity index (χ3v) is 6.31. The maximum absolute atomic E-state index is 12.5. The summed E-state index contributed by atoms with van der Waals surface area (Å²) >= 11 is 5.64. The van der Waals surface area contributed by atoms with E-state index >= 15 is 0 Å². The molecule has 2 heterocycles. The average Bonchev–Trinajstić information content (AvgIpc) is 2.72. The Morgan fingerprint density at radius 1 is 1.26 bits per heavy atom. The van der Waals surface area contributed by atoms with E-state index in [-0.39, 0.29) is 0 Å². The molecule has 2 aliphatic heterocycles. The van der Waals surface area contributed by atoms with Crippen LogP contribution in [0.3, 0.4) is 0 Å². The van der Waals surface area contributed by atoms with Gasteiger partial charge in [0, 0.05) is 38.6 Å². The molecule has 5 nitrogen and oxygen atoms in total. The number of rotatable bonds is 5. The monoisotopic (exact) mass is 309 g/mol. The Labute approximate surface area is 121 Å². The van der Waals surface area contributed by atoms with Gasteiger partial charge in [0.1, 0.15) is 0 Å². The summed E-state index contributed by atoms with van der Waals surface area (Å²) in [6.45, 7) is 3.94. The quantitative estimate of drug-likeness (QED) is 0.711. The van der Waals surface area contributed by atoms with Crippen molar-refractivity contribution in [3.63, 3.8) is 0 Å². The fourth-order valence-electron chi connectivity index (χ4n) is 2.98. The van der Waals surface area contributed by atoms with Crippen LogP contribution in [0.5, 0.6) is 0 Å². The van der Waals surface area contributed by atoms with Crippen LogP contribution >= 0.6 is 11.6 Å². The summed E-state index contributed by atoms with van der Waals surface area (Å²) in [5.74, 6) is 0.496. The lowest BCUT2D eigenvalue weighted by atomic mass is 10.2. The Kier molecular flexibility index (Phi) is 5.48. The molecule has 0 aromatic rings. The summed E-state index contributed by atoms with van der Waals surface area (Å²) in [5, 5.41) is 0. The molecule has 2 fully saturated rings. The van der Waals surface area contributed by atoms with Gasteiger partial charge in [-0.05, 0) is 38.8 Å². The van der Waals surface area contributed by atoms with Crippen molar-refractivity contribution in [2.45, 2.75) is 31.7 Å². The van der Waals surface area contributed by atoms with Crippen LogP contribution in [0, 0.1) is 0 Å². The zero-order valence-electron chi connectivity index (χ0n) is 11.6. The average molecular weight is 310 g/mol. The maximum Gasteiger partial charge on any atom is 0.281 e. The van der Waals surface area contributed by atoms with Crippen LogP contribution in [-0.2, 0) is 10.2 Å². The Hall–Kier alpha value is 0.120. The van der Waals surface area contributed by atoms with Crippen molar-refractivity contribution in [2.24, 2.45) is 0 Å². The van der Waals surface area contributed by atoms with Crippen molar-refractivity contribution in [3.8, 4) is 0 Å². The van der Waals surface area contributed by atoms with E-state index in [9.17, 15) is 8.42 Å². The summed E-state index contributed by atoms with van der Waals surface area (Å²) in [7, 11) is -1.66. The lowest BCUT2D eigenvalue weighted by Gasteiger charge is -2.28. The van der Waals surface area contributed by atoms with Crippen LogP contribution < -0.4 is 0 Å². The molecule has 0 radical (unpaired) electrons. The second-order valence-electron chi connectivity index (χ2n) is 5.42. The zero-order chi connectivity index (χ0) is 13.9. The van der Waals surface area contributed by atoms with E-state index in [4.69, 9.17) is 11.6 Å². The second kappa shape index (κ2) is 6.72. The molecule has 2 rings (SSSR count). The summed E-state index contributed by atoms with van der Waals surface area (Å²) in [4.78, 5) is 2.44. The maximum atomic E-state index is 12.5. The highest BCUT2D eigenvalue weighted by Gasteiger charge is 2.35. The predicted molar refractivity (Wildman–Crippen MR) is 77.7 cm³/mol. The van der Waals surface area contributed by atoms with Crippen LogP contribution in [0.4, 0.5) is 0 Å². The molecular formula is C12H24ClN3O2S. The standard InChI is InChI=1S/C12H24ClN3O2S/c1-14(7-3-6-13)19(17,18)16-10-4-9-15-8-2-5-12(15)11-16/h12H,2-11H2,1H3. The lowest BCUT2D eigenvalue weighted by molar-refractivity contribution is 0.254. The molecule has 1 unspecified atom stereocenters. The molecule has 2 saturated heterocycles. The molecule has 19 heavy (non-hydrogen) atoms. The third kappa shape index (κ3) is 3.61. The van der Waals surface area contributed by atoms with Crippen molar-refractivity contribution in [1.29, 1.82) is 0 Å². The van der Waals surface area contributed by atoms with Gasteiger partial charge in [-0.15, -0.1) is 11.6 Å². The molecular weight excluding hydrogens is 286 g/mol. The summed E-state index contributed by atoms with van der Waals surface area (Å²) < 4.78 is 28.2. The first-order chi connectivity index (χ1) is 9.05. The van der Waals surface area contributed by atoms with Gasteiger partial charge in [0.2, 0.25) is 0 Å². The molecule has 0 N–H and O–H groups in total. The molecule has 2 aliphatic rings. The molecule has 0 spiro atoms. The molecule has 0 saturated carbocycles. The zero-order valence-corrected chi connectivity index (χ0v) is 13.2. The molecule has 7 heteroatoms. The van der Waals surface area contributed by atoms with Crippen LogP contribution in [0.1, 0.15) is 25.7 Å². The van der Waals surface area contributed by atoms with E-state index in [1.54, 1.807) is 11.4 Å². The van der Waals surface area contributed by atoms with Gasteiger partial charge in [-0.2, -0.15) is 17.0 Å². The van der Waals surface area contributed by atoms with Gasteiger partial charge < -0.3 is 0 Å². The normalized spacial score (nSPS) is 26.6. The van der Waals surface area contributed by atoms with E-state index in [2.05, 4.69) is 4.90 Å². The third-order valence-electron chi connectivity index (χ3n) is 4.09. The number of fused-ring (bicyclic) bond motifs is 1. The fourth-order valence-corrected chi connectivity index (χ4v) is 4.57. The molecule has 0 amide bonds. The highest BCUT2D eigenvalue weighted by atomic mass is 35.5. The number of hydrogen-bond donors (Lipinski definition) is 0. The van der Waals surface area contributed by atoms with Gasteiger partial charge in [-0.25, -0.2) is 0 Å². The van der Waals surface area contributed by atoms with Crippen LogP contribution in [-0.4, -0.2) is 73.6 Å². The number of nitrogens with zero attached hydrogens (tertiary/aromatic N) is 3. The van der Waals surface area contributed by atoms with E-state index in [1.807, 2.05) is 0 Å². The molecule has 0 aliphatic carbocycles. The number of hydrogen-bond acceptors (Lipinski definition) is 3. The summed E-state index contributed by atoms with van der Waals surface area (Å²) in [6, 6.07) is 0.415. The van der Waals surface area contributed by atoms with Gasteiger partial charge in [-0.3, -0.25) is 4.90 Å². The van der Waals surface area contributed by atoms with Gasteiger partial charge >= 0.3 is 0 Å². The molecule has 112 valence electrons. The molecule has 0 bridgehead atoms. The Morgan fingerprint density at radius 3 is 2.74 bits per heavy atom. The van der Waals surface area contributed by atoms with Crippen molar-refractivity contribution in [1.82, 2.24) is 13.5 Å². The number of alkyl halides is 1. The van der Waals surface area contributed by atoms with Crippen molar-refractivity contribution < 1.29 is 8.42 Å². The van der Waals surface area contributed by atoms with Crippen LogP contribution in [0.25, 0.3) is 0 Å². The smallest absolute Gasteiger partial charge is 0.281 e. The lowest BCUT2D eigenvalue weighted by Crippen LogP contribution is -2.46. The van der Waals surface area contributed by atoms with Crippen molar-refractivity contribution in [3.05, 3.63) is 0 Å². The van der Waals surface area contributed by atoms with Gasteiger partial charge in [0.05, 0.1) is 0 Å². The first kappa shape index (κ1) is 15.5. The van der Waals surface area contributed by atoms with E-state index in [0.717, 1.165) is 25.9 Å². The summed E-state index contributed by atoms with van der Waals surface area (Å²) in [5.41, 5.74) is 0. The van der Waals surface area contributed by atoms with Crippen molar-refractivity contribution >= 4 is 21.8 Å². The highest BCUT2D eigenvalue weighted by Crippen LogP contribution is 2.23. The SMILES string of the molecule is CN(CCCCl)S(=O)(=O)N1CCCN2CCCC2C1. The molecule has 0 aromatic carbocycles. The summed E-state index contributed by atoms with van der Waals surface area (Å²) in [6.07, 6.45) is 3.94. The first-order valence-electron chi connectivity index (χ1n) is 7.07. The second-order valence-corrected chi connectivity index (χ2v) is 7.83. The van der Waals surface area contributed by atoms with E-state index in [0.29, 0.717) is 38.0 Å². The fraction of sp³-hybridized carbons (Fsp3) is 1.00. The van der Waals surface area contributed by atoms with Gasteiger partial charge in [-0.1, -0.05) is 0 Å². The van der Waals surface area contributed by atoms with Crippen molar-refractivity contribution in [2.75, 3.05) is 45.7 Å². The Morgan fingerprint density at radius 2 is 2.00 bits per heavy atom. The highest BCUT2D eigenvalue weighted by molar-refractivity contribution is 7.86. The van der Waals surface area contributed by atoms with Crippen LogP contribution in [0.15, 0.2) is 0 Å². The van der Waals surface area contributed by atoms with Crippen LogP contribution in [0.2, 0.25) is 0 Å². The molecule has 1 atom stereocenters. The molecule has 0 aromatic heterocycles. The minimum atomic E-state index is -3.31. The van der Waals surface area contributed by atoms with Gasteiger partial charge in [0.25, 0.3) is 10.2 Å². The Bertz CT molecular complexity index is 390. The predicted octanol–water partition coefficient (Wildman–Crippen LogP) is 0.962. The van der Waals surface area contributed by atoms with E-state index in [1.165, 1.54) is 10.7 Å². The first-order valence-corrected chi connectivity index (χ1v) is 9.00. The minimum Gasteiger partial charge on any atom is -0.299 e.